The van der Waals surface area contributed by atoms with Gasteiger partial charge >= 0.3 is 6.61 Å². The van der Waals surface area contributed by atoms with Crippen LogP contribution in [0.5, 0.6) is 5.75 Å². The van der Waals surface area contributed by atoms with E-state index in [1.54, 1.807) is 38.4 Å². The molecule has 6 rings (SSSR count). The fourth-order valence-corrected chi connectivity index (χ4v) is 6.57. The number of benzene rings is 2. The lowest BCUT2D eigenvalue weighted by atomic mass is 9.95. The summed E-state index contributed by atoms with van der Waals surface area (Å²) < 4.78 is 33.6. The number of hydrogen-bond donors (Lipinski definition) is 2. The highest BCUT2D eigenvalue weighted by atomic mass is 32.2. The number of aliphatic hydroxyl groups is 2. The van der Waals surface area contributed by atoms with Crippen LogP contribution in [0.1, 0.15) is 49.4 Å². The van der Waals surface area contributed by atoms with Crippen LogP contribution in [0, 0.1) is 0 Å². The van der Waals surface area contributed by atoms with Gasteiger partial charge in [-0.1, -0.05) is 12.1 Å². The van der Waals surface area contributed by atoms with Crippen molar-refractivity contribution in [3.8, 4) is 16.9 Å². The summed E-state index contributed by atoms with van der Waals surface area (Å²) in [5, 5.41) is 20.2. The van der Waals surface area contributed by atoms with Crippen molar-refractivity contribution >= 4 is 22.8 Å². The third-order valence-electron chi connectivity index (χ3n) is 6.85. The SMILES string of the molecule is CC(C)(O)c1ncc(-c2ccc3nc4n(c3c2)[C@@H]2C[C@@H]4[C@@H](CO)Sc3cccc(OC(F)F)c32)cn1. The molecule has 0 saturated heterocycles. The molecule has 2 N–H and O–H groups in total. The summed E-state index contributed by atoms with van der Waals surface area (Å²) in [7, 11) is 0. The second kappa shape index (κ2) is 8.50. The molecule has 2 bridgehead atoms. The maximum absolute atomic E-state index is 13.3. The monoisotopic (exact) mass is 510 g/mol. The van der Waals surface area contributed by atoms with Gasteiger partial charge in [0, 0.05) is 39.6 Å². The predicted octanol–water partition coefficient (Wildman–Crippen LogP) is 4.87. The molecule has 0 aliphatic carbocycles. The second-order valence-corrected chi connectivity index (χ2v) is 10.9. The van der Waals surface area contributed by atoms with E-state index in [0.29, 0.717) is 17.8 Å². The van der Waals surface area contributed by atoms with Gasteiger partial charge in [-0.05, 0) is 50.1 Å². The molecule has 4 heterocycles. The molecule has 2 aromatic heterocycles. The Morgan fingerprint density at radius 3 is 2.64 bits per heavy atom. The first-order valence-electron chi connectivity index (χ1n) is 11.7. The highest BCUT2D eigenvalue weighted by molar-refractivity contribution is 8.00. The fourth-order valence-electron chi connectivity index (χ4n) is 5.25. The van der Waals surface area contributed by atoms with Crippen LogP contribution in [-0.4, -0.2) is 48.2 Å². The molecule has 0 unspecified atom stereocenters. The minimum absolute atomic E-state index is 0.0398. The van der Waals surface area contributed by atoms with Gasteiger partial charge in [-0.15, -0.1) is 11.8 Å². The van der Waals surface area contributed by atoms with Crippen LogP contribution >= 0.6 is 11.8 Å². The van der Waals surface area contributed by atoms with Gasteiger partial charge in [0.1, 0.15) is 17.2 Å². The van der Waals surface area contributed by atoms with Gasteiger partial charge in [0.25, 0.3) is 0 Å². The molecular weight excluding hydrogens is 486 g/mol. The lowest BCUT2D eigenvalue weighted by Gasteiger charge is -2.23. The highest BCUT2D eigenvalue weighted by Crippen LogP contribution is 2.55. The summed E-state index contributed by atoms with van der Waals surface area (Å²) in [5.41, 5.74) is 2.86. The molecule has 4 aromatic rings. The zero-order chi connectivity index (χ0) is 25.2. The number of thioether (sulfide) groups is 1. The van der Waals surface area contributed by atoms with Crippen molar-refractivity contribution in [2.24, 2.45) is 0 Å². The first-order chi connectivity index (χ1) is 17.2. The smallest absolute Gasteiger partial charge is 0.387 e. The zero-order valence-corrected chi connectivity index (χ0v) is 20.4. The van der Waals surface area contributed by atoms with Gasteiger partial charge in [-0.3, -0.25) is 0 Å². The van der Waals surface area contributed by atoms with E-state index in [1.807, 2.05) is 24.3 Å². The largest absolute Gasteiger partial charge is 0.434 e. The summed E-state index contributed by atoms with van der Waals surface area (Å²) >= 11 is 1.49. The van der Waals surface area contributed by atoms with E-state index in [1.165, 1.54) is 11.8 Å². The molecule has 2 aliphatic heterocycles. The molecule has 186 valence electrons. The summed E-state index contributed by atoms with van der Waals surface area (Å²) in [6, 6.07) is 10.8. The fraction of sp³-hybridized carbons (Fsp3) is 0.346. The van der Waals surface area contributed by atoms with Crippen LogP contribution in [0.3, 0.4) is 0 Å². The molecule has 0 radical (unpaired) electrons. The van der Waals surface area contributed by atoms with Crippen LogP contribution in [0.15, 0.2) is 53.7 Å². The minimum Gasteiger partial charge on any atom is -0.434 e. The van der Waals surface area contributed by atoms with Crippen LogP contribution in [-0.2, 0) is 5.60 Å². The molecule has 0 amide bonds. The summed E-state index contributed by atoms with van der Waals surface area (Å²) in [5.74, 6) is 1.28. The van der Waals surface area contributed by atoms with Crippen LogP contribution < -0.4 is 4.74 Å². The summed E-state index contributed by atoms with van der Waals surface area (Å²) in [4.78, 5) is 14.4. The van der Waals surface area contributed by atoms with Gasteiger partial charge in [-0.2, -0.15) is 8.78 Å². The Morgan fingerprint density at radius 1 is 1.17 bits per heavy atom. The van der Waals surface area contributed by atoms with Crippen molar-refractivity contribution in [2.75, 3.05) is 6.61 Å². The Kier molecular flexibility index (Phi) is 5.51. The molecule has 0 saturated carbocycles. The summed E-state index contributed by atoms with van der Waals surface area (Å²) in [6.07, 6.45) is 3.99. The van der Waals surface area contributed by atoms with E-state index in [9.17, 15) is 19.0 Å². The van der Waals surface area contributed by atoms with E-state index in [0.717, 1.165) is 32.9 Å². The van der Waals surface area contributed by atoms with E-state index < -0.39 is 12.2 Å². The predicted molar refractivity (Wildman–Crippen MR) is 131 cm³/mol. The van der Waals surface area contributed by atoms with Gasteiger partial charge in [0.05, 0.1) is 23.7 Å². The summed E-state index contributed by atoms with van der Waals surface area (Å²) in [6.45, 7) is 0.270. The lowest BCUT2D eigenvalue weighted by molar-refractivity contribution is -0.0508. The first kappa shape index (κ1) is 23.3. The van der Waals surface area contributed by atoms with Gasteiger partial charge in [0.2, 0.25) is 0 Å². The van der Waals surface area contributed by atoms with E-state index >= 15 is 0 Å². The van der Waals surface area contributed by atoms with Crippen molar-refractivity contribution in [1.29, 1.82) is 0 Å². The average Bonchev–Trinajstić information content (AvgIpc) is 3.33. The highest BCUT2D eigenvalue weighted by Gasteiger charge is 2.44. The van der Waals surface area contributed by atoms with E-state index in [4.69, 9.17) is 9.72 Å². The van der Waals surface area contributed by atoms with Gasteiger partial charge in [-0.25, -0.2) is 15.0 Å². The van der Waals surface area contributed by atoms with Crippen LogP contribution in [0.4, 0.5) is 8.78 Å². The normalized spacial score (nSPS) is 20.9. The zero-order valence-electron chi connectivity index (χ0n) is 19.6. The number of nitrogens with zero attached hydrogens (tertiary/aromatic N) is 4. The Balaban J connectivity index is 1.51. The number of rotatable bonds is 5. The average molecular weight is 511 g/mol. The molecule has 7 nitrogen and oxygen atoms in total. The topological polar surface area (TPSA) is 93.3 Å². The third-order valence-corrected chi connectivity index (χ3v) is 8.24. The van der Waals surface area contributed by atoms with Crippen molar-refractivity contribution in [3.05, 3.63) is 66.0 Å². The Morgan fingerprint density at radius 2 is 1.94 bits per heavy atom. The van der Waals surface area contributed by atoms with E-state index in [2.05, 4.69) is 14.5 Å². The van der Waals surface area contributed by atoms with Crippen molar-refractivity contribution < 1.29 is 23.7 Å². The quantitative estimate of drug-likeness (QED) is 0.396. The number of alkyl halides is 2. The standard InChI is InChI=1S/C26H24F2N4O3S/c1-26(2,34)24-29-10-14(11-30-24)13-6-7-16-17(8-13)32-18-9-15(23(32)31-16)21(12-33)36-20-5-3-4-19(22(18)20)35-25(27)28/h3-8,10-11,15,18,21,25,33-34H,9,12H2,1-2H3/t15-,18-,21-/m1/s1. The molecule has 3 atom stereocenters. The molecule has 10 heteroatoms. The lowest BCUT2D eigenvalue weighted by Crippen LogP contribution is -2.19. The van der Waals surface area contributed by atoms with Crippen molar-refractivity contribution in [2.45, 2.75) is 54.6 Å². The Labute approximate surface area is 210 Å². The van der Waals surface area contributed by atoms with Gasteiger partial charge in [0.15, 0.2) is 5.82 Å². The number of halogens is 2. The Bertz CT molecular complexity index is 1450. The Hall–Kier alpha value is -3.08. The number of aliphatic hydroxyl groups excluding tert-OH is 1. The van der Waals surface area contributed by atoms with Crippen LogP contribution in [0.25, 0.3) is 22.2 Å². The minimum atomic E-state index is -2.94. The maximum Gasteiger partial charge on any atom is 0.387 e. The maximum atomic E-state index is 13.3. The molecule has 0 spiro atoms. The molecule has 0 fully saturated rings. The first-order valence-corrected chi connectivity index (χ1v) is 12.5. The number of ether oxygens (including phenoxy) is 1. The number of imidazole rings is 1. The number of hydrogen-bond acceptors (Lipinski definition) is 7. The van der Waals surface area contributed by atoms with Crippen molar-refractivity contribution in [1.82, 2.24) is 19.5 Å². The van der Waals surface area contributed by atoms with Crippen LogP contribution in [0.2, 0.25) is 0 Å². The number of fused-ring (bicyclic) bond motifs is 9. The van der Waals surface area contributed by atoms with Crippen molar-refractivity contribution in [3.63, 3.8) is 0 Å². The molecular formula is C26H24F2N4O3S. The molecule has 36 heavy (non-hydrogen) atoms. The molecule has 2 aliphatic rings. The van der Waals surface area contributed by atoms with Gasteiger partial charge < -0.3 is 19.5 Å². The second-order valence-electron chi connectivity index (χ2n) is 9.64. The third kappa shape index (κ3) is 3.75. The number of aromatic nitrogens is 4. The molecule has 2 aromatic carbocycles. The van der Waals surface area contributed by atoms with E-state index in [-0.39, 0.29) is 29.6 Å².